The molecule has 2 aromatic rings. The van der Waals surface area contributed by atoms with E-state index in [9.17, 15) is 18.0 Å². The van der Waals surface area contributed by atoms with E-state index >= 15 is 0 Å². The van der Waals surface area contributed by atoms with Crippen molar-refractivity contribution in [3.05, 3.63) is 64.2 Å². The molecule has 1 heterocycles. The van der Waals surface area contributed by atoms with Crippen LogP contribution in [0.4, 0.5) is 0 Å². The largest absolute Gasteiger partial charge is 0.451 e. The lowest BCUT2D eigenvalue weighted by atomic mass is 10.0. The summed E-state index contributed by atoms with van der Waals surface area (Å²) in [5.74, 6) is -1.10. The second kappa shape index (κ2) is 10.6. The molecule has 0 spiro atoms. The van der Waals surface area contributed by atoms with Gasteiger partial charge in [-0.2, -0.15) is 4.31 Å². The zero-order valence-corrected chi connectivity index (χ0v) is 19.9. The van der Waals surface area contributed by atoms with Gasteiger partial charge in [-0.3, -0.25) is 4.79 Å². The van der Waals surface area contributed by atoms with E-state index in [4.69, 9.17) is 16.3 Å². The van der Waals surface area contributed by atoms with Crippen LogP contribution in [0.1, 0.15) is 65.8 Å². The number of sulfonamides is 1. The van der Waals surface area contributed by atoms with Crippen molar-refractivity contribution in [2.75, 3.05) is 13.1 Å². The fraction of sp³-hybridized carbons (Fsp3) is 0.417. The summed E-state index contributed by atoms with van der Waals surface area (Å²) in [6, 6.07) is 11.2. The molecule has 1 fully saturated rings. The number of halogens is 1. The van der Waals surface area contributed by atoms with Crippen molar-refractivity contribution in [3.63, 3.8) is 0 Å². The zero-order valence-electron chi connectivity index (χ0n) is 18.3. The molecule has 172 valence electrons. The third kappa shape index (κ3) is 5.57. The van der Waals surface area contributed by atoms with Crippen molar-refractivity contribution >= 4 is 33.4 Å². The van der Waals surface area contributed by atoms with E-state index in [1.54, 1.807) is 12.1 Å². The van der Waals surface area contributed by atoms with Gasteiger partial charge in [-0.1, -0.05) is 55.6 Å². The minimum atomic E-state index is -3.84. The van der Waals surface area contributed by atoms with E-state index in [1.165, 1.54) is 29.4 Å². The summed E-state index contributed by atoms with van der Waals surface area (Å²) < 4.78 is 33.0. The third-order valence-electron chi connectivity index (χ3n) is 5.65. The molecule has 1 saturated heterocycles. The number of esters is 1. The van der Waals surface area contributed by atoms with Crippen molar-refractivity contribution in [2.45, 2.75) is 57.0 Å². The highest BCUT2D eigenvalue weighted by molar-refractivity contribution is 7.89. The number of aryl methyl sites for hydroxylation is 1. The normalized spacial score (nSPS) is 16.2. The molecule has 6 nitrogen and oxygen atoms in total. The number of ketones is 1. The van der Waals surface area contributed by atoms with E-state index in [2.05, 4.69) is 0 Å². The molecule has 1 atom stereocenters. The van der Waals surface area contributed by atoms with Crippen LogP contribution in [0.3, 0.4) is 0 Å². The Hall–Kier alpha value is -2.22. The summed E-state index contributed by atoms with van der Waals surface area (Å²) in [6.45, 7) is 4.37. The number of hydrogen-bond acceptors (Lipinski definition) is 5. The number of Topliss-reactive ketones (excluding diaryl/α,β-unsaturated/α-hetero) is 1. The fourth-order valence-electron chi connectivity index (χ4n) is 3.67. The molecule has 8 heteroatoms. The Balaban J connectivity index is 1.77. The SMILES string of the molecule is CCc1ccc(C(=O)C(C)OC(=O)c2ccc(Cl)c(S(=O)(=O)N3CCCCCC3)c2)cc1. The summed E-state index contributed by atoms with van der Waals surface area (Å²) >= 11 is 6.19. The number of hydrogen-bond donors (Lipinski definition) is 0. The minimum Gasteiger partial charge on any atom is -0.451 e. The van der Waals surface area contributed by atoms with Gasteiger partial charge in [0.15, 0.2) is 6.10 Å². The van der Waals surface area contributed by atoms with Gasteiger partial charge >= 0.3 is 5.97 Å². The number of rotatable bonds is 7. The molecular weight excluding hydrogens is 450 g/mol. The van der Waals surface area contributed by atoms with Crippen molar-refractivity contribution in [1.82, 2.24) is 4.31 Å². The summed E-state index contributed by atoms with van der Waals surface area (Å²) in [7, 11) is -3.84. The number of benzene rings is 2. The predicted molar refractivity (Wildman–Crippen MR) is 124 cm³/mol. The maximum Gasteiger partial charge on any atom is 0.338 e. The van der Waals surface area contributed by atoms with Crippen LogP contribution in [0, 0.1) is 0 Å². The lowest BCUT2D eigenvalue weighted by Gasteiger charge is -2.21. The van der Waals surface area contributed by atoms with E-state index in [0.29, 0.717) is 18.7 Å². The van der Waals surface area contributed by atoms with Gasteiger partial charge < -0.3 is 4.74 Å². The quantitative estimate of drug-likeness (QED) is 0.418. The van der Waals surface area contributed by atoms with Crippen LogP contribution >= 0.6 is 11.6 Å². The molecule has 3 rings (SSSR count). The van der Waals surface area contributed by atoms with Gasteiger partial charge in [-0.05, 0) is 49.9 Å². The van der Waals surface area contributed by atoms with E-state index in [0.717, 1.165) is 37.7 Å². The molecule has 32 heavy (non-hydrogen) atoms. The number of carbonyl (C=O) groups excluding carboxylic acids is 2. The second-order valence-electron chi connectivity index (χ2n) is 7.93. The summed E-state index contributed by atoms with van der Waals surface area (Å²) in [6.07, 6.45) is 3.39. The maximum absolute atomic E-state index is 13.1. The Morgan fingerprint density at radius 1 is 1.00 bits per heavy atom. The van der Waals surface area contributed by atoms with Crippen molar-refractivity contribution in [2.24, 2.45) is 0 Å². The Kier molecular flexibility index (Phi) is 8.09. The number of nitrogens with zero attached hydrogens (tertiary/aromatic N) is 1. The van der Waals surface area contributed by atoms with Crippen LogP contribution in [0.15, 0.2) is 47.4 Å². The van der Waals surface area contributed by atoms with Crippen LogP contribution in [-0.2, 0) is 21.2 Å². The highest BCUT2D eigenvalue weighted by Gasteiger charge is 2.29. The molecule has 0 bridgehead atoms. The van der Waals surface area contributed by atoms with Crippen LogP contribution in [-0.4, -0.2) is 43.7 Å². The third-order valence-corrected chi connectivity index (χ3v) is 8.03. The Labute approximate surface area is 194 Å². The molecule has 0 N–H and O–H groups in total. The van der Waals surface area contributed by atoms with Gasteiger partial charge in [0.25, 0.3) is 0 Å². The number of ether oxygens (including phenoxy) is 1. The lowest BCUT2D eigenvalue weighted by molar-refractivity contribution is 0.0318. The monoisotopic (exact) mass is 477 g/mol. The molecule has 2 aromatic carbocycles. The van der Waals surface area contributed by atoms with Gasteiger partial charge in [0.2, 0.25) is 15.8 Å². The first-order valence-corrected chi connectivity index (χ1v) is 12.7. The Morgan fingerprint density at radius 2 is 1.59 bits per heavy atom. The van der Waals surface area contributed by atoms with Crippen molar-refractivity contribution in [3.8, 4) is 0 Å². The lowest BCUT2D eigenvalue weighted by Crippen LogP contribution is -2.32. The first-order chi connectivity index (χ1) is 15.2. The maximum atomic E-state index is 13.1. The van der Waals surface area contributed by atoms with Gasteiger partial charge in [-0.15, -0.1) is 0 Å². The van der Waals surface area contributed by atoms with Crippen molar-refractivity contribution in [1.29, 1.82) is 0 Å². The molecule has 0 radical (unpaired) electrons. The zero-order chi connectivity index (χ0) is 23.3. The first-order valence-electron chi connectivity index (χ1n) is 10.9. The summed E-state index contributed by atoms with van der Waals surface area (Å²) in [5.41, 5.74) is 1.58. The topological polar surface area (TPSA) is 80.8 Å². The molecular formula is C24H28ClNO5S. The highest BCUT2D eigenvalue weighted by Crippen LogP contribution is 2.28. The van der Waals surface area contributed by atoms with Crippen LogP contribution in [0.25, 0.3) is 0 Å². The smallest absolute Gasteiger partial charge is 0.338 e. The van der Waals surface area contributed by atoms with E-state index < -0.39 is 22.1 Å². The fourth-order valence-corrected chi connectivity index (χ4v) is 5.69. The van der Waals surface area contributed by atoms with E-state index in [1.807, 2.05) is 19.1 Å². The van der Waals surface area contributed by atoms with Crippen LogP contribution in [0.2, 0.25) is 5.02 Å². The first kappa shape index (κ1) is 24.4. The van der Waals surface area contributed by atoms with Gasteiger partial charge in [0.05, 0.1) is 10.6 Å². The number of carbonyl (C=O) groups is 2. The highest BCUT2D eigenvalue weighted by atomic mass is 35.5. The average molecular weight is 478 g/mol. The molecule has 0 aromatic heterocycles. The second-order valence-corrected chi connectivity index (χ2v) is 10.2. The molecule has 1 aliphatic rings. The van der Waals surface area contributed by atoms with Gasteiger partial charge in [0, 0.05) is 18.7 Å². The molecule has 0 amide bonds. The molecule has 0 aliphatic carbocycles. The standard InChI is InChI=1S/C24H28ClNO5S/c1-3-18-8-10-19(11-9-18)23(27)17(2)31-24(28)20-12-13-21(25)22(16-20)32(29,30)26-14-6-4-5-7-15-26/h8-13,16-17H,3-7,14-15H2,1-2H3. The minimum absolute atomic E-state index is 0.0313. The van der Waals surface area contributed by atoms with E-state index in [-0.39, 0.29) is 21.3 Å². The molecule has 1 unspecified atom stereocenters. The molecule has 0 saturated carbocycles. The molecule has 1 aliphatic heterocycles. The van der Waals surface area contributed by atoms with Crippen LogP contribution in [0.5, 0.6) is 0 Å². The Bertz CT molecular complexity index is 1070. The van der Waals surface area contributed by atoms with Crippen LogP contribution < -0.4 is 0 Å². The average Bonchev–Trinajstić information content (AvgIpc) is 3.09. The Morgan fingerprint density at radius 3 is 2.19 bits per heavy atom. The summed E-state index contributed by atoms with van der Waals surface area (Å²) in [5, 5.41) is 0.0472. The van der Waals surface area contributed by atoms with Crippen molar-refractivity contribution < 1.29 is 22.7 Å². The predicted octanol–water partition coefficient (Wildman–Crippen LogP) is 4.90. The van der Waals surface area contributed by atoms with Gasteiger partial charge in [-0.25, -0.2) is 13.2 Å². The summed E-state index contributed by atoms with van der Waals surface area (Å²) in [4.78, 5) is 25.2. The van der Waals surface area contributed by atoms with Gasteiger partial charge in [0.1, 0.15) is 4.90 Å².